The summed E-state index contributed by atoms with van der Waals surface area (Å²) < 4.78 is 13.4. The molecular weight excluding hydrogens is 233 g/mol. The highest BCUT2D eigenvalue weighted by molar-refractivity contribution is 5.49. The number of benzene rings is 1. The highest BCUT2D eigenvalue weighted by Crippen LogP contribution is 2.20. The van der Waals surface area contributed by atoms with Gasteiger partial charge in [0.25, 0.3) is 0 Å². The van der Waals surface area contributed by atoms with Crippen LogP contribution in [0.25, 0.3) is 0 Å². The molecule has 18 heavy (non-hydrogen) atoms. The summed E-state index contributed by atoms with van der Waals surface area (Å²) in [7, 11) is 0. The van der Waals surface area contributed by atoms with E-state index in [9.17, 15) is 4.39 Å². The Labute approximate surface area is 107 Å². The second kappa shape index (κ2) is 6.13. The summed E-state index contributed by atoms with van der Waals surface area (Å²) in [6.45, 7) is 4.77. The lowest BCUT2D eigenvalue weighted by Crippen LogP contribution is -2.47. The minimum absolute atomic E-state index is 0.192. The van der Waals surface area contributed by atoms with Crippen LogP contribution in [0.15, 0.2) is 18.2 Å². The van der Waals surface area contributed by atoms with Gasteiger partial charge in [-0.05, 0) is 23.8 Å². The second-order valence-electron chi connectivity index (χ2n) is 4.57. The van der Waals surface area contributed by atoms with Gasteiger partial charge in [-0.25, -0.2) is 4.39 Å². The van der Waals surface area contributed by atoms with Crippen molar-refractivity contribution >= 4 is 5.69 Å². The van der Waals surface area contributed by atoms with E-state index in [1.165, 1.54) is 6.07 Å². The summed E-state index contributed by atoms with van der Waals surface area (Å²) in [4.78, 5) is 4.37. The summed E-state index contributed by atoms with van der Waals surface area (Å²) in [5, 5.41) is 8.89. The normalized spacial score (nSPS) is 17.2. The third-order valence-corrected chi connectivity index (χ3v) is 3.33. The maximum atomic E-state index is 13.4. The topological polar surface area (TPSA) is 52.7 Å². The third kappa shape index (κ3) is 3.19. The molecule has 0 unspecified atom stereocenters. The molecule has 0 amide bonds. The zero-order chi connectivity index (χ0) is 13.0. The summed E-state index contributed by atoms with van der Waals surface area (Å²) in [6.07, 6.45) is 0. The fraction of sp³-hybridized carbons (Fsp3) is 0.538. The van der Waals surface area contributed by atoms with Crippen LogP contribution in [0.3, 0.4) is 0 Å². The molecule has 5 heteroatoms. The quantitative estimate of drug-likeness (QED) is 0.815. The Balaban J connectivity index is 2.02. The fourth-order valence-electron chi connectivity index (χ4n) is 2.30. The van der Waals surface area contributed by atoms with Gasteiger partial charge in [-0.2, -0.15) is 0 Å². The smallest absolute Gasteiger partial charge is 0.125 e. The van der Waals surface area contributed by atoms with Crippen molar-refractivity contribution in [1.82, 2.24) is 4.90 Å². The lowest BCUT2D eigenvalue weighted by molar-refractivity contribution is 0.189. The number of hydrogen-bond donors (Lipinski definition) is 2. The molecule has 2 rings (SSSR count). The highest BCUT2D eigenvalue weighted by Gasteiger charge is 2.17. The number of nitrogens with two attached hydrogens (primary N) is 1. The second-order valence-corrected chi connectivity index (χ2v) is 4.57. The third-order valence-electron chi connectivity index (χ3n) is 3.33. The van der Waals surface area contributed by atoms with E-state index in [4.69, 9.17) is 10.8 Å². The first-order valence-corrected chi connectivity index (χ1v) is 6.30. The molecule has 1 fully saturated rings. The molecule has 0 saturated carbocycles. The van der Waals surface area contributed by atoms with Crippen molar-refractivity contribution in [2.24, 2.45) is 5.73 Å². The van der Waals surface area contributed by atoms with Gasteiger partial charge >= 0.3 is 0 Å². The first-order valence-electron chi connectivity index (χ1n) is 6.30. The molecule has 1 aromatic carbocycles. The van der Waals surface area contributed by atoms with Crippen molar-refractivity contribution in [2.75, 3.05) is 44.2 Å². The van der Waals surface area contributed by atoms with Crippen molar-refractivity contribution < 1.29 is 9.50 Å². The number of hydrogen-bond acceptors (Lipinski definition) is 4. The van der Waals surface area contributed by atoms with E-state index in [1.807, 2.05) is 6.07 Å². The molecule has 1 aromatic rings. The first kappa shape index (κ1) is 13.3. The number of anilines is 1. The van der Waals surface area contributed by atoms with Gasteiger partial charge < -0.3 is 15.7 Å². The van der Waals surface area contributed by atoms with Crippen LogP contribution in [0.1, 0.15) is 5.56 Å². The van der Waals surface area contributed by atoms with E-state index in [0.717, 1.165) is 37.4 Å². The Morgan fingerprint density at radius 1 is 1.17 bits per heavy atom. The van der Waals surface area contributed by atoms with Crippen LogP contribution in [-0.4, -0.2) is 49.3 Å². The van der Waals surface area contributed by atoms with E-state index in [1.54, 1.807) is 6.07 Å². The monoisotopic (exact) mass is 253 g/mol. The van der Waals surface area contributed by atoms with Crippen LogP contribution < -0.4 is 10.6 Å². The lowest BCUT2D eigenvalue weighted by Gasteiger charge is -2.36. The minimum Gasteiger partial charge on any atom is -0.395 e. The van der Waals surface area contributed by atoms with Crippen molar-refractivity contribution in [3.05, 3.63) is 29.6 Å². The molecule has 1 aliphatic rings. The number of β-amino-alcohol motifs (C(OH)–C–C–N with tert-alkyl or cyclic N) is 1. The van der Waals surface area contributed by atoms with Crippen LogP contribution >= 0.6 is 0 Å². The predicted molar refractivity (Wildman–Crippen MR) is 70.0 cm³/mol. The molecule has 1 heterocycles. The Bertz CT molecular complexity index is 392. The molecule has 0 bridgehead atoms. The largest absolute Gasteiger partial charge is 0.395 e. The lowest BCUT2D eigenvalue weighted by atomic mass is 10.1. The molecule has 1 aliphatic heterocycles. The summed E-state index contributed by atoms with van der Waals surface area (Å²) in [5.74, 6) is -0.231. The Morgan fingerprint density at radius 2 is 1.89 bits per heavy atom. The predicted octanol–water partition coefficient (Wildman–Crippen LogP) is 0.399. The van der Waals surface area contributed by atoms with Crippen LogP contribution in [0, 0.1) is 5.82 Å². The molecule has 4 nitrogen and oxygen atoms in total. The zero-order valence-corrected chi connectivity index (χ0v) is 10.5. The fourth-order valence-corrected chi connectivity index (χ4v) is 2.30. The Kier molecular flexibility index (Phi) is 4.52. The van der Waals surface area contributed by atoms with Gasteiger partial charge in [0, 0.05) is 45.0 Å². The molecular formula is C13H20FN3O. The zero-order valence-electron chi connectivity index (χ0n) is 10.5. The number of piperazine rings is 1. The van der Waals surface area contributed by atoms with Gasteiger partial charge in [-0.1, -0.05) is 0 Å². The average Bonchev–Trinajstić information content (AvgIpc) is 2.39. The van der Waals surface area contributed by atoms with Crippen molar-refractivity contribution in [3.63, 3.8) is 0 Å². The van der Waals surface area contributed by atoms with Gasteiger partial charge in [0.1, 0.15) is 5.82 Å². The van der Waals surface area contributed by atoms with E-state index in [-0.39, 0.29) is 12.4 Å². The SMILES string of the molecule is NCc1cc(F)cc(N2CCN(CCO)CC2)c1. The van der Waals surface area contributed by atoms with Gasteiger partial charge in [-0.15, -0.1) is 0 Å². The number of aliphatic hydroxyl groups is 1. The number of nitrogens with zero attached hydrogens (tertiary/aromatic N) is 2. The van der Waals surface area contributed by atoms with Gasteiger partial charge in [0.2, 0.25) is 0 Å². The highest BCUT2D eigenvalue weighted by atomic mass is 19.1. The molecule has 3 N–H and O–H groups in total. The van der Waals surface area contributed by atoms with E-state index in [2.05, 4.69) is 9.80 Å². The summed E-state index contributed by atoms with van der Waals surface area (Å²) in [6, 6.07) is 4.98. The maximum Gasteiger partial charge on any atom is 0.125 e. The molecule has 0 spiro atoms. The van der Waals surface area contributed by atoms with Crippen molar-refractivity contribution in [3.8, 4) is 0 Å². The van der Waals surface area contributed by atoms with Crippen molar-refractivity contribution in [2.45, 2.75) is 6.54 Å². The summed E-state index contributed by atoms with van der Waals surface area (Å²) in [5.41, 5.74) is 7.28. The maximum absolute atomic E-state index is 13.4. The van der Waals surface area contributed by atoms with Gasteiger partial charge in [-0.3, -0.25) is 4.90 Å². The van der Waals surface area contributed by atoms with E-state index in [0.29, 0.717) is 13.1 Å². The molecule has 0 radical (unpaired) electrons. The van der Waals surface area contributed by atoms with Gasteiger partial charge in [0.05, 0.1) is 6.61 Å². The van der Waals surface area contributed by atoms with Crippen molar-refractivity contribution in [1.29, 1.82) is 0 Å². The van der Waals surface area contributed by atoms with E-state index >= 15 is 0 Å². The first-order chi connectivity index (χ1) is 8.72. The van der Waals surface area contributed by atoms with Crippen LogP contribution in [0.5, 0.6) is 0 Å². The van der Waals surface area contributed by atoms with Crippen LogP contribution in [0.2, 0.25) is 0 Å². The van der Waals surface area contributed by atoms with Crippen LogP contribution in [0.4, 0.5) is 10.1 Å². The Morgan fingerprint density at radius 3 is 2.50 bits per heavy atom. The molecule has 0 atom stereocenters. The number of halogens is 1. The molecule has 0 aromatic heterocycles. The molecule has 0 aliphatic carbocycles. The average molecular weight is 253 g/mol. The minimum atomic E-state index is -0.231. The van der Waals surface area contributed by atoms with E-state index < -0.39 is 0 Å². The van der Waals surface area contributed by atoms with Crippen LogP contribution in [-0.2, 0) is 6.54 Å². The molecule has 100 valence electrons. The Hall–Kier alpha value is -1.17. The van der Waals surface area contributed by atoms with Gasteiger partial charge in [0.15, 0.2) is 0 Å². The number of rotatable bonds is 4. The number of aliphatic hydroxyl groups excluding tert-OH is 1. The standard InChI is InChI=1S/C13H20FN3O/c14-12-7-11(10-15)8-13(9-12)17-3-1-16(2-4-17)5-6-18/h7-9,18H,1-6,10,15H2. The molecule has 1 saturated heterocycles. The summed E-state index contributed by atoms with van der Waals surface area (Å²) >= 11 is 0.